The maximum atomic E-state index is 12.1. The molecule has 0 aromatic heterocycles. The summed E-state index contributed by atoms with van der Waals surface area (Å²) in [5, 5.41) is 0. The summed E-state index contributed by atoms with van der Waals surface area (Å²) in [6.45, 7) is 6.13. The van der Waals surface area contributed by atoms with E-state index in [-0.39, 0.29) is 24.6 Å². The molecule has 0 radical (unpaired) electrons. The summed E-state index contributed by atoms with van der Waals surface area (Å²) in [6, 6.07) is 9.75. The van der Waals surface area contributed by atoms with Crippen LogP contribution in [0.4, 0.5) is 0 Å². The lowest BCUT2D eigenvalue weighted by atomic mass is 10.0. The molecule has 1 aromatic rings. The van der Waals surface area contributed by atoms with Crippen molar-refractivity contribution in [2.45, 2.75) is 64.1 Å². The third kappa shape index (κ3) is 5.94. The maximum absolute atomic E-state index is 12.1. The minimum Gasteiger partial charge on any atom is -0.460 e. The van der Waals surface area contributed by atoms with E-state index in [9.17, 15) is 4.79 Å². The standard InChI is InChI=1S/C18H27NO4/c1-18(2,3)23-16(20)12-15-11-14(9-10-19)21-17(22-15)13-7-5-4-6-8-13/h4-8,14-15,17H,9-12,19H2,1-3H3/t14-,15-,17+/m0/s1. The number of esters is 1. The second-order valence-corrected chi connectivity index (χ2v) is 6.86. The van der Waals surface area contributed by atoms with Gasteiger partial charge >= 0.3 is 5.97 Å². The van der Waals surface area contributed by atoms with Crippen molar-refractivity contribution in [3.8, 4) is 0 Å². The summed E-state index contributed by atoms with van der Waals surface area (Å²) >= 11 is 0. The van der Waals surface area contributed by atoms with E-state index >= 15 is 0 Å². The van der Waals surface area contributed by atoms with Gasteiger partial charge in [0.2, 0.25) is 0 Å². The zero-order valence-electron chi connectivity index (χ0n) is 14.2. The minimum absolute atomic E-state index is 0.00797. The fourth-order valence-corrected chi connectivity index (χ4v) is 2.63. The van der Waals surface area contributed by atoms with Gasteiger partial charge in [-0.25, -0.2) is 0 Å². The van der Waals surface area contributed by atoms with Crippen molar-refractivity contribution in [1.29, 1.82) is 0 Å². The van der Waals surface area contributed by atoms with Crippen molar-refractivity contribution in [2.24, 2.45) is 5.73 Å². The first-order valence-corrected chi connectivity index (χ1v) is 8.15. The first kappa shape index (κ1) is 17.9. The number of carbonyl (C=O) groups excluding carboxylic acids is 1. The van der Waals surface area contributed by atoms with Gasteiger partial charge < -0.3 is 19.9 Å². The summed E-state index contributed by atoms with van der Waals surface area (Å²) < 4.78 is 17.3. The molecule has 5 heteroatoms. The Balaban J connectivity index is 2.02. The van der Waals surface area contributed by atoms with Crippen LogP contribution in [-0.2, 0) is 19.0 Å². The highest BCUT2D eigenvalue weighted by molar-refractivity contribution is 5.70. The fraction of sp³-hybridized carbons (Fsp3) is 0.611. The Morgan fingerprint density at radius 3 is 2.48 bits per heavy atom. The summed E-state index contributed by atoms with van der Waals surface area (Å²) in [4.78, 5) is 12.1. The number of hydrogen-bond donors (Lipinski definition) is 1. The van der Waals surface area contributed by atoms with Crippen LogP contribution in [0.5, 0.6) is 0 Å². The van der Waals surface area contributed by atoms with Crippen molar-refractivity contribution in [2.75, 3.05) is 6.54 Å². The Hall–Kier alpha value is -1.43. The van der Waals surface area contributed by atoms with Crippen molar-refractivity contribution in [3.05, 3.63) is 35.9 Å². The van der Waals surface area contributed by atoms with Crippen LogP contribution in [0, 0.1) is 0 Å². The van der Waals surface area contributed by atoms with Gasteiger partial charge in [-0.2, -0.15) is 0 Å². The van der Waals surface area contributed by atoms with E-state index in [4.69, 9.17) is 19.9 Å². The zero-order chi connectivity index (χ0) is 16.9. The summed E-state index contributed by atoms with van der Waals surface area (Å²) in [5.74, 6) is -0.247. The number of ether oxygens (including phenoxy) is 3. The van der Waals surface area contributed by atoms with Gasteiger partial charge in [0.15, 0.2) is 6.29 Å². The fourth-order valence-electron chi connectivity index (χ4n) is 2.63. The highest BCUT2D eigenvalue weighted by atomic mass is 16.7. The Morgan fingerprint density at radius 1 is 1.22 bits per heavy atom. The van der Waals surface area contributed by atoms with Crippen molar-refractivity contribution in [1.82, 2.24) is 0 Å². The first-order chi connectivity index (χ1) is 10.9. The molecule has 128 valence electrons. The molecule has 1 heterocycles. The number of carbonyl (C=O) groups is 1. The van der Waals surface area contributed by atoms with Crippen LogP contribution in [-0.4, -0.2) is 30.3 Å². The van der Waals surface area contributed by atoms with E-state index in [1.807, 2.05) is 51.1 Å². The Bertz CT molecular complexity index is 497. The molecule has 0 saturated carbocycles. The van der Waals surface area contributed by atoms with Gasteiger partial charge in [0.05, 0.1) is 18.6 Å². The molecular weight excluding hydrogens is 294 g/mol. The molecule has 5 nitrogen and oxygen atoms in total. The molecule has 1 saturated heterocycles. The molecule has 0 aliphatic carbocycles. The predicted octanol–water partition coefficient (Wildman–Crippen LogP) is 2.94. The molecule has 2 rings (SSSR count). The van der Waals surface area contributed by atoms with Crippen LogP contribution in [0.25, 0.3) is 0 Å². The Morgan fingerprint density at radius 2 is 1.87 bits per heavy atom. The van der Waals surface area contributed by atoms with Gasteiger partial charge in [0, 0.05) is 12.0 Å². The lowest BCUT2D eigenvalue weighted by Gasteiger charge is -2.36. The largest absolute Gasteiger partial charge is 0.460 e. The molecule has 0 spiro atoms. The van der Waals surface area contributed by atoms with Crippen LogP contribution < -0.4 is 5.73 Å². The van der Waals surface area contributed by atoms with E-state index in [1.165, 1.54) is 0 Å². The van der Waals surface area contributed by atoms with Gasteiger partial charge in [-0.15, -0.1) is 0 Å². The third-order valence-corrected chi connectivity index (χ3v) is 3.53. The van der Waals surface area contributed by atoms with E-state index < -0.39 is 11.9 Å². The molecule has 1 aromatic carbocycles. The van der Waals surface area contributed by atoms with Crippen LogP contribution in [0.1, 0.15) is 51.9 Å². The van der Waals surface area contributed by atoms with E-state index in [1.54, 1.807) is 0 Å². The highest BCUT2D eigenvalue weighted by Gasteiger charge is 2.33. The van der Waals surface area contributed by atoms with Gasteiger partial charge in [0.1, 0.15) is 5.60 Å². The van der Waals surface area contributed by atoms with Crippen LogP contribution in [0.2, 0.25) is 0 Å². The third-order valence-electron chi connectivity index (χ3n) is 3.53. The van der Waals surface area contributed by atoms with Crippen molar-refractivity contribution in [3.63, 3.8) is 0 Å². The second kappa shape index (κ2) is 7.90. The number of hydrogen-bond acceptors (Lipinski definition) is 5. The summed E-state index contributed by atoms with van der Waals surface area (Å²) in [7, 11) is 0. The summed E-state index contributed by atoms with van der Waals surface area (Å²) in [6.07, 6.45) is 0.933. The molecule has 0 bridgehead atoms. The SMILES string of the molecule is CC(C)(C)OC(=O)C[C@@H]1C[C@H](CCN)O[C@@H](c2ccccc2)O1. The molecule has 3 atom stereocenters. The molecule has 1 fully saturated rings. The summed E-state index contributed by atoms with van der Waals surface area (Å²) in [5.41, 5.74) is 6.12. The van der Waals surface area contributed by atoms with E-state index in [0.717, 1.165) is 12.0 Å². The first-order valence-electron chi connectivity index (χ1n) is 8.15. The van der Waals surface area contributed by atoms with Gasteiger partial charge in [0.25, 0.3) is 0 Å². The van der Waals surface area contributed by atoms with Gasteiger partial charge in [-0.1, -0.05) is 30.3 Å². The number of benzene rings is 1. The topological polar surface area (TPSA) is 70.8 Å². The van der Waals surface area contributed by atoms with Crippen LogP contribution >= 0.6 is 0 Å². The quantitative estimate of drug-likeness (QED) is 0.844. The Labute approximate surface area is 138 Å². The average Bonchev–Trinajstić information content (AvgIpc) is 2.46. The minimum atomic E-state index is -0.488. The van der Waals surface area contributed by atoms with E-state index in [0.29, 0.717) is 13.0 Å². The molecule has 1 aliphatic rings. The molecular formula is C18H27NO4. The Kier molecular flexibility index (Phi) is 6.16. The predicted molar refractivity (Wildman–Crippen MR) is 87.7 cm³/mol. The molecule has 23 heavy (non-hydrogen) atoms. The monoisotopic (exact) mass is 321 g/mol. The zero-order valence-corrected chi connectivity index (χ0v) is 14.2. The van der Waals surface area contributed by atoms with Crippen molar-refractivity contribution >= 4 is 5.97 Å². The second-order valence-electron chi connectivity index (χ2n) is 6.86. The smallest absolute Gasteiger partial charge is 0.308 e. The highest BCUT2D eigenvalue weighted by Crippen LogP contribution is 2.32. The van der Waals surface area contributed by atoms with Crippen LogP contribution in [0.15, 0.2) is 30.3 Å². The number of rotatable bonds is 5. The molecule has 0 amide bonds. The molecule has 2 N–H and O–H groups in total. The van der Waals surface area contributed by atoms with Gasteiger partial charge in [-0.3, -0.25) is 4.79 Å². The average molecular weight is 321 g/mol. The number of nitrogens with two attached hydrogens (primary N) is 1. The lowest BCUT2D eigenvalue weighted by Crippen LogP contribution is -2.37. The van der Waals surface area contributed by atoms with Crippen LogP contribution in [0.3, 0.4) is 0 Å². The maximum Gasteiger partial charge on any atom is 0.308 e. The molecule has 0 unspecified atom stereocenters. The lowest BCUT2D eigenvalue weighted by molar-refractivity contribution is -0.250. The molecule has 1 aliphatic heterocycles. The normalized spacial score (nSPS) is 25.1. The van der Waals surface area contributed by atoms with Gasteiger partial charge in [-0.05, 0) is 33.7 Å². The van der Waals surface area contributed by atoms with Crippen molar-refractivity contribution < 1.29 is 19.0 Å². The van der Waals surface area contributed by atoms with E-state index in [2.05, 4.69) is 0 Å².